The molecule has 0 saturated carbocycles. The Hall–Kier alpha value is -2.07. The van der Waals surface area contributed by atoms with Gasteiger partial charge in [-0.2, -0.15) is 0 Å². The average molecular weight is 347 g/mol. The van der Waals surface area contributed by atoms with E-state index in [2.05, 4.69) is 15.9 Å². The van der Waals surface area contributed by atoms with Crippen LogP contribution in [-0.4, -0.2) is 13.1 Å². The fraction of sp³-hybridized carbons (Fsp3) is 0.118. The molecule has 0 aliphatic carbocycles. The molecule has 0 spiro atoms. The molecule has 21 heavy (non-hydrogen) atoms. The minimum absolute atomic E-state index is 0.425. The van der Waals surface area contributed by atoms with Gasteiger partial charge in [0.05, 0.1) is 7.11 Å². The fourth-order valence-corrected chi connectivity index (χ4v) is 2.19. The van der Waals surface area contributed by atoms with Crippen molar-refractivity contribution >= 4 is 28.0 Å². The molecule has 0 heterocycles. The van der Waals surface area contributed by atoms with Crippen molar-refractivity contribution in [1.29, 1.82) is 0 Å². The van der Waals surface area contributed by atoms with Crippen molar-refractivity contribution in [3.05, 3.63) is 64.1 Å². The van der Waals surface area contributed by atoms with Crippen LogP contribution in [0.5, 0.6) is 11.5 Å². The summed E-state index contributed by atoms with van der Waals surface area (Å²) >= 11 is 3.39. The Morgan fingerprint density at radius 1 is 1.14 bits per heavy atom. The van der Waals surface area contributed by atoms with E-state index >= 15 is 0 Å². The molecule has 3 nitrogen and oxygen atoms in total. The Kier molecular flexibility index (Phi) is 5.17. The van der Waals surface area contributed by atoms with E-state index < -0.39 is 5.97 Å². The fourth-order valence-electron chi connectivity index (χ4n) is 1.81. The summed E-state index contributed by atoms with van der Waals surface area (Å²) in [4.78, 5) is 11.9. The van der Waals surface area contributed by atoms with Crippen LogP contribution in [0.25, 0.3) is 6.08 Å². The van der Waals surface area contributed by atoms with E-state index in [1.165, 1.54) is 6.08 Å². The number of benzene rings is 2. The topological polar surface area (TPSA) is 35.5 Å². The molecule has 108 valence electrons. The van der Waals surface area contributed by atoms with E-state index in [1.54, 1.807) is 19.3 Å². The largest absolute Gasteiger partial charge is 0.496 e. The molecule has 0 aliphatic rings. The summed E-state index contributed by atoms with van der Waals surface area (Å²) in [6.45, 7) is 1.89. The Morgan fingerprint density at radius 2 is 1.90 bits per heavy atom. The van der Waals surface area contributed by atoms with Crippen LogP contribution in [-0.2, 0) is 4.79 Å². The van der Waals surface area contributed by atoms with Crippen molar-refractivity contribution in [3.63, 3.8) is 0 Å². The number of methoxy groups -OCH3 is 1. The van der Waals surface area contributed by atoms with Gasteiger partial charge in [0.15, 0.2) is 0 Å². The van der Waals surface area contributed by atoms with Crippen LogP contribution in [0.4, 0.5) is 0 Å². The van der Waals surface area contributed by atoms with Crippen LogP contribution in [0.1, 0.15) is 11.1 Å². The minimum Gasteiger partial charge on any atom is -0.496 e. The molecular weight excluding hydrogens is 332 g/mol. The molecule has 0 bridgehead atoms. The maximum Gasteiger partial charge on any atom is 0.336 e. The molecule has 0 aliphatic heterocycles. The molecular formula is C17H15BrO3. The summed E-state index contributed by atoms with van der Waals surface area (Å²) in [5.41, 5.74) is 1.72. The van der Waals surface area contributed by atoms with Crippen molar-refractivity contribution in [3.8, 4) is 11.5 Å². The molecule has 0 amide bonds. The van der Waals surface area contributed by atoms with Gasteiger partial charge in [0.25, 0.3) is 0 Å². The van der Waals surface area contributed by atoms with Gasteiger partial charge >= 0.3 is 5.97 Å². The third-order valence-electron chi connectivity index (χ3n) is 2.89. The quantitative estimate of drug-likeness (QED) is 0.468. The highest BCUT2D eigenvalue weighted by atomic mass is 79.9. The smallest absolute Gasteiger partial charge is 0.336 e. The van der Waals surface area contributed by atoms with E-state index in [4.69, 9.17) is 9.47 Å². The summed E-state index contributed by atoms with van der Waals surface area (Å²) in [7, 11) is 1.59. The first kappa shape index (κ1) is 15.3. The summed E-state index contributed by atoms with van der Waals surface area (Å²) in [5, 5.41) is 0. The molecule has 0 radical (unpaired) electrons. The molecule has 0 aromatic heterocycles. The van der Waals surface area contributed by atoms with Crippen LogP contribution in [0.15, 0.2) is 53.0 Å². The number of halogens is 1. The second kappa shape index (κ2) is 7.09. The summed E-state index contributed by atoms with van der Waals surface area (Å²) in [6, 6.07) is 13.0. The van der Waals surface area contributed by atoms with Gasteiger partial charge in [-0.25, -0.2) is 4.79 Å². The van der Waals surface area contributed by atoms with Crippen molar-refractivity contribution in [2.24, 2.45) is 0 Å². The van der Waals surface area contributed by atoms with Gasteiger partial charge < -0.3 is 9.47 Å². The molecule has 2 aromatic rings. The number of carbonyl (C=O) groups excluding carboxylic acids is 1. The van der Waals surface area contributed by atoms with Gasteiger partial charge in [0, 0.05) is 16.1 Å². The molecule has 0 saturated heterocycles. The number of carbonyl (C=O) groups is 1. The number of hydrogen-bond acceptors (Lipinski definition) is 3. The zero-order chi connectivity index (χ0) is 15.2. The van der Waals surface area contributed by atoms with Crippen LogP contribution in [0, 0.1) is 6.92 Å². The molecule has 2 aromatic carbocycles. The summed E-state index contributed by atoms with van der Waals surface area (Å²) in [5.74, 6) is 0.831. The van der Waals surface area contributed by atoms with Crippen LogP contribution in [0.2, 0.25) is 0 Å². The Balaban J connectivity index is 2.12. The van der Waals surface area contributed by atoms with E-state index in [9.17, 15) is 4.79 Å². The van der Waals surface area contributed by atoms with Crippen molar-refractivity contribution < 1.29 is 14.3 Å². The van der Waals surface area contributed by atoms with Crippen molar-refractivity contribution in [2.45, 2.75) is 6.92 Å². The van der Waals surface area contributed by atoms with Gasteiger partial charge in [-0.15, -0.1) is 0 Å². The lowest BCUT2D eigenvalue weighted by molar-refractivity contribution is -0.128. The van der Waals surface area contributed by atoms with Gasteiger partial charge in [0.2, 0.25) is 0 Å². The molecule has 2 rings (SSSR count). The second-order valence-electron chi connectivity index (χ2n) is 4.41. The number of para-hydroxylation sites is 1. The lowest BCUT2D eigenvalue weighted by Gasteiger charge is -2.06. The second-order valence-corrected chi connectivity index (χ2v) is 5.32. The third kappa shape index (κ3) is 4.20. The first-order valence-electron chi connectivity index (χ1n) is 6.39. The SMILES string of the molecule is COc1ccc(Br)cc1/C=C/C(=O)Oc1ccccc1C. The van der Waals surface area contributed by atoms with E-state index in [-0.39, 0.29) is 0 Å². The third-order valence-corrected chi connectivity index (χ3v) is 3.39. The number of esters is 1. The number of ether oxygens (including phenoxy) is 2. The van der Waals surface area contributed by atoms with Crippen LogP contribution in [0.3, 0.4) is 0 Å². The maximum atomic E-state index is 11.9. The van der Waals surface area contributed by atoms with Crippen molar-refractivity contribution in [2.75, 3.05) is 7.11 Å². The molecule has 0 atom stereocenters. The highest BCUT2D eigenvalue weighted by Gasteiger charge is 2.05. The van der Waals surface area contributed by atoms with E-state index in [0.717, 1.165) is 15.6 Å². The summed E-state index contributed by atoms with van der Waals surface area (Å²) in [6.07, 6.45) is 3.06. The highest BCUT2D eigenvalue weighted by molar-refractivity contribution is 9.10. The number of aryl methyl sites for hydroxylation is 1. The van der Waals surface area contributed by atoms with Crippen LogP contribution >= 0.6 is 15.9 Å². The number of rotatable bonds is 4. The normalized spacial score (nSPS) is 10.6. The standard InChI is InChI=1S/C17H15BrO3/c1-12-5-3-4-6-15(12)21-17(19)10-7-13-11-14(18)8-9-16(13)20-2/h3-11H,1-2H3/b10-7+. The zero-order valence-electron chi connectivity index (χ0n) is 11.8. The minimum atomic E-state index is -0.425. The van der Waals surface area contributed by atoms with Crippen LogP contribution < -0.4 is 9.47 Å². The highest BCUT2D eigenvalue weighted by Crippen LogP contribution is 2.24. The lowest BCUT2D eigenvalue weighted by atomic mass is 10.2. The Morgan fingerprint density at radius 3 is 2.62 bits per heavy atom. The van der Waals surface area contributed by atoms with Crippen molar-refractivity contribution in [1.82, 2.24) is 0 Å². The molecule has 0 unspecified atom stereocenters. The zero-order valence-corrected chi connectivity index (χ0v) is 13.4. The lowest BCUT2D eigenvalue weighted by Crippen LogP contribution is -2.04. The first-order valence-corrected chi connectivity index (χ1v) is 7.18. The predicted molar refractivity (Wildman–Crippen MR) is 86.5 cm³/mol. The maximum absolute atomic E-state index is 11.9. The number of hydrogen-bond donors (Lipinski definition) is 0. The summed E-state index contributed by atoms with van der Waals surface area (Å²) < 4.78 is 11.5. The van der Waals surface area contributed by atoms with Gasteiger partial charge in [-0.3, -0.25) is 0 Å². The molecule has 0 fully saturated rings. The van der Waals surface area contributed by atoms with Gasteiger partial charge in [-0.1, -0.05) is 34.1 Å². The Bertz CT molecular complexity index is 677. The van der Waals surface area contributed by atoms with E-state index in [1.807, 2.05) is 43.3 Å². The van der Waals surface area contributed by atoms with Gasteiger partial charge in [0.1, 0.15) is 11.5 Å². The van der Waals surface area contributed by atoms with Gasteiger partial charge in [-0.05, 0) is 42.8 Å². The Labute approximate surface area is 132 Å². The predicted octanol–water partition coefficient (Wildman–Crippen LogP) is 4.38. The van der Waals surface area contributed by atoms with E-state index in [0.29, 0.717) is 11.5 Å². The molecule has 4 heteroatoms. The first-order chi connectivity index (χ1) is 10.1. The average Bonchev–Trinajstić information content (AvgIpc) is 2.48. The molecule has 0 N–H and O–H groups in total. The monoisotopic (exact) mass is 346 g/mol.